The van der Waals surface area contributed by atoms with E-state index < -0.39 is 0 Å². The van der Waals surface area contributed by atoms with Gasteiger partial charge >= 0.3 is 0 Å². The van der Waals surface area contributed by atoms with E-state index in [-0.39, 0.29) is 29.4 Å². The van der Waals surface area contributed by atoms with Crippen LogP contribution in [0.2, 0.25) is 0 Å². The third-order valence-corrected chi connectivity index (χ3v) is 4.39. The van der Waals surface area contributed by atoms with E-state index in [4.69, 9.17) is 0 Å². The van der Waals surface area contributed by atoms with Gasteiger partial charge < -0.3 is 15.7 Å². The highest BCUT2D eigenvalue weighted by Gasteiger charge is 2.48. The van der Waals surface area contributed by atoms with Crippen molar-refractivity contribution in [3.8, 4) is 0 Å². The van der Waals surface area contributed by atoms with Crippen LogP contribution in [-0.2, 0) is 4.79 Å². The van der Waals surface area contributed by atoms with Crippen LogP contribution in [0, 0.1) is 17.3 Å². The van der Waals surface area contributed by atoms with Gasteiger partial charge in [0.2, 0.25) is 5.91 Å². The summed E-state index contributed by atoms with van der Waals surface area (Å²) in [5, 5.41) is 15.9. The summed E-state index contributed by atoms with van der Waals surface area (Å²) in [6.07, 6.45) is 0.407. The zero-order valence-corrected chi connectivity index (χ0v) is 10.3. The Bertz CT molecular complexity index is 291. The van der Waals surface area contributed by atoms with Crippen molar-refractivity contribution in [2.45, 2.75) is 39.3 Å². The summed E-state index contributed by atoms with van der Waals surface area (Å²) in [4.78, 5) is 12.0. The number of nitrogens with one attached hydrogen (secondary N) is 2. The minimum Gasteiger partial charge on any atom is -0.392 e. The van der Waals surface area contributed by atoms with Gasteiger partial charge in [-0.15, -0.1) is 0 Å². The summed E-state index contributed by atoms with van der Waals surface area (Å²) in [6.45, 7) is 7.81. The SMILES string of the molecule is CC1CNCC1C(=O)NC1CC(O)C1(C)C. The Balaban J connectivity index is 1.89. The number of carbonyl (C=O) groups excluding carboxylic acids is 1. The molecule has 2 rings (SSSR count). The van der Waals surface area contributed by atoms with Gasteiger partial charge in [0.15, 0.2) is 0 Å². The lowest BCUT2D eigenvalue weighted by molar-refractivity contribution is -0.133. The average Bonchev–Trinajstić information content (AvgIpc) is 2.64. The fourth-order valence-corrected chi connectivity index (χ4v) is 2.59. The van der Waals surface area contributed by atoms with Gasteiger partial charge in [-0.25, -0.2) is 0 Å². The molecule has 1 saturated carbocycles. The molecule has 1 aliphatic heterocycles. The van der Waals surface area contributed by atoms with E-state index in [1.807, 2.05) is 13.8 Å². The Labute approximate surface area is 96.8 Å². The van der Waals surface area contributed by atoms with Gasteiger partial charge in [-0.05, 0) is 18.9 Å². The third-order valence-electron chi connectivity index (χ3n) is 4.39. The number of carbonyl (C=O) groups is 1. The predicted molar refractivity (Wildman–Crippen MR) is 61.9 cm³/mol. The first kappa shape index (κ1) is 11.9. The first-order chi connectivity index (χ1) is 7.43. The molecule has 16 heavy (non-hydrogen) atoms. The van der Waals surface area contributed by atoms with Gasteiger partial charge in [-0.3, -0.25) is 4.79 Å². The van der Waals surface area contributed by atoms with Crippen LogP contribution in [0.1, 0.15) is 27.2 Å². The van der Waals surface area contributed by atoms with E-state index in [0.29, 0.717) is 12.3 Å². The number of hydrogen-bond donors (Lipinski definition) is 3. The fourth-order valence-electron chi connectivity index (χ4n) is 2.59. The van der Waals surface area contributed by atoms with Crippen LogP contribution < -0.4 is 10.6 Å². The molecule has 92 valence electrons. The minimum atomic E-state index is -0.281. The second-order valence-corrected chi connectivity index (χ2v) is 5.88. The van der Waals surface area contributed by atoms with Crippen molar-refractivity contribution in [2.24, 2.45) is 17.3 Å². The highest BCUT2D eigenvalue weighted by molar-refractivity contribution is 5.80. The monoisotopic (exact) mass is 226 g/mol. The molecule has 0 spiro atoms. The average molecular weight is 226 g/mol. The summed E-state index contributed by atoms with van der Waals surface area (Å²) in [6, 6.07) is 0.128. The maximum absolute atomic E-state index is 12.0. The number of aliphatic hydroxyl groups is 1. The molecule has 3 N–H and O–H groups in total. The molecule has 0 aromatic rings. The second kappa shape index (κ2) is 4.00. The van der Waals surface area contributed by atoms with Gasteiger partial charge in [0, 0.05) is 18.0 Å². The van der Waals surface area contributed by atoms with Crippen molar-refractivity contribution < 1.29 is 9.90 Å². The number of rotatable bonds is 2. The first-order valence-electron chi connectivity index (χ1n) is 6.12. The molecule has 0 aromatic heterocycles. The van der Waals surface area contributed by atoms with Gasteiger partial charge in [-0.1, -0.05) is 20.8 Å². The van der Waals surface area contributed by atoms with Crippen LogP contribution in [0.3, 0.4) is 0 Å². The van der Waals surface area contributed by atoms with E-state index in [2.05, 4.69) is 17.6 Å². The third kappa shape index (κ3) is 1.84. The van der Waals surface area contributed by atoms with Gasteiger partial charge in [0.05, 0.1) is 12.0 Å². The Hall–Kier alpha value is -0.610. The molecule has 2 aliphatic rings. The van der Waals surface area contributed by atoms with Gasteiger partial charge in [0.25, 0.3) is 0 Å². The molecule has 4 nitrogen and oxygen atoms in total. The Morgan fingerprint density at radius 3 is 2.56 bits per heavy atom. The van der Waals surface area contributed by atoms with Crippen LogP contribution in [0.25, 0.3) is 0 Å². The Kier molecular flexibility index (Phi) is 2.97. The lowest BCUT2D eigenvalue weighted by Gasteiger charge is -2.49. The van der Waals surface area contributed by atoms with Crippen LogP contribution >= 0.6 is 0 Å². The van der Waals surface area contributed by atoms with Gasteiger partial charge in [-0.2, -0.15) is 0 Å². The molecule has 1 amide bonds. The summed E-state index contributed by atoms with van der Waals surface area (Å²) in [5.41, 5.74) is -0.176. The molecule has 4 atom stereocenters. The molecule has 1 saturated heterocycles. The molecule has 4 unspecified atom stereocenters. The zero-order chi connectivity index (χ0) is 11.9. The molecular formula is C12H22N2O2. The Morgan fingerprint density at radius 1 is 1.44 bits per heavy atom. The highest BCUT2D eigenvalue weighted by atomic mass is 16.3. The molecule has 0 radical (unpaired) electrons. The van der Waals surface area contributed by atoms with Crippen LogP contribution in [-0.4, -0.2) is 36.2 Å². The van der Waals surface area contributed by atoms with E-state index >= 15 is 0 Å². The smallest absolute Gasteiger partial charge is 0.224 e. The normalized spacial score (nSPS) is 41.5. The predicted octanol–water partition coefficient (Wildman–Crippen LogP) is 0.118. The van der Waals surface area contributed by atoms with Crippen molar-refractivity contribution in [2.75, 3.05) is 13.1 Å². The standard InChI is InChI=1S/C12H22N2O2/c1-7-5-13-6-8(7)11(16)14-9-4-10(15)12(9,2)3/h7-10,13,15H,4-6H2,1-3H3,(H,14,16). The summed E-state index contributed by atoms with van der Waals surface area (Å²) < 4.78 is 0. The summed E-state index contributed by atoms with van der Waals surface area (Å²) in [7, 11) is 0. The van der Waals surface area contributed by atoms with E-state index in [0.717, 1.165) is 13.1 Å². The molecular weight excluding hydrogens is 204 g/mol. The highest BCUT2D eigenvalue weighted by Crippen LogP contribution is 2.40. The zero-order valence-electron chi connectivity index (χ0n) is 10.3. The summed E-state index contributed by atoms with van der Waals surface area (Å²) in [5.74, 6) is 0.643. The summed E-state index contributed by atoms with van der Waals surface area (Å²) >= 11 is 0. The molecule has 1 aliphatic carbocycles. The van der Waals surface area contributed by atoms with Gasteiger partial charge in [0.1, 0.15) is 0 Å². The minimum absolute atomic E-state index is 0.0912. The van der Waals surface area contributed by atoms with Crippen molar-refractivity contribution in [1.82, 2.24) is 10.6 Å². The van der Waals surface area contributed by atoms with E-state index in [1.165, 1.54) is 0 Å². The number of aliphatic hydroxyl groups excluding tert-OH is 1. The fraction of sp³-hybridized carbons (Fsp3) is 0.917. The molecule has 1 heterocycles. The van der Waals surface area contributed by atoms with E-state index in [9.17, 15) is 9.90 Å². The largest absolute Gasteiger partial charge is 0.392 e. The van der Waals surface area contributed by atoms with E-state index in [1.54, 1.807) is 0 Å². The quantitative estimate of drug-likeness (QED) is 0.626. The first-order valence-corrected chi connectivity index (χ1v) is 6.12. The molecule has 4 heteroatoms. The lowest BCUT2D eigenvalue weighted by Crippen LogP contribution is -2.62. The topological polar surface area (TPSA) is 61.4 Å². The number of amides is 1. The lowest BCUT2D eigenvalue weighted by atomic mass is 9.64. The van der Waals surface area contributed by atoms with Crippen LogP contribution in [0.15, 0.2) is 0 Å². The Morgan fingerprint density at radius 2 is 2.12 bits per heavy atom. The number of hydrogen-bond acceptors (Lipinski definition) is 3. The molecule has 2 fully saturated rings. The second-order valence-electron chi connectivity index (χ2n) is 5.88. The maximum atomic E-state index is 12.0. The van der Waals surface area contributed by atoms with Crippen LogP contribution in [0.4, 0.5) is 0 Å². The van der Waals surface area contributed by atoms with Crippen molar-refractivity contribution in [3.05, 3.63) is 0 Å². The van der Waals surface area contributed by atoms with Crippen molar-refractivity contribution in [1.29, 1.82) is 0 Å². The van der Waals surface area contributed by atoms with Crippen molar-refractivity contribution >= 4 is 5.91 Å². The maximum Gasteiger partial charge on any atom is 0.224 e. The molecule has 0 aromatic carbocycles. The molecule has 0 bridgehead atoms. The van der Waals surface area contributed by atoms with Crippen molar-refractivity contribution in [3.63, 3.8) is 0 Å². The van der Waals surface area contributed by atoms with Crippen LogP contribution in [0.5, 0.6) is 0 Å².